The van der Waals surface area contributed by atoms with Crippen LogP contribution in [0.3, 0.4) is 0 Å². The van der Waals surface area contributed by atoms with Crippen LogP contribution in [0.25, 0.3) is 21.9 Å². The van der Waals surface area contributed by atoms with Gasteiger partial charge in [0.25, 0.3) is 0 Å². The van der Waals surface area contributed by atoms with Gasteiger partial charge >= 0.3 is 0 Å². The molecule has 2 aromatic carbocycles. The highest BCUT2D eigenvalue weighted by atomic mass is 16.1. The quantitative estimate of drug-likeness (QED) is 0.450. The lowest BCUT2D eigenvalue weighted by Crippen LogP contribution is -2.39. The van der Waals surface area contributed by atoms with Gasteiger partial charge in [0.2, 0.25) is 5.91 Å². The van der Waals surface area contributed by atoms with Crippen LogP contribution in [-0.4, -0.2) is 62.1 Å². The smallest absolute Gasteiger partial charge is 0.241 e. The standard InChI is InChI=1S/C27H24B5N3O/c1-7-19(35(6)13(2)3)16-8-9-17-12-33-20(11-18(17)10-16)34-27(36)26(32)25(31)21-22(28)14(4)15(5)23(29)24(21)30/h7-12H,2H2,1,3-6H3,(H,33,34,36)/b19-7-,26-25+. The summed E-state index contributed by atoms with van der Waals surface area (Å²) in [6.45, 7) is 11.5. The van der Waals surface area contributed by atoms with Gasteiger partial charge in [-0.25, -0.2) is 4.98 Å². The van der Waals surface area contributed by atoms with Crippen molar-refractivity contribution in [1.82, 2.24) is 9.88 Å². The Balaban J connectivity index is 1.97. The zero-order valence-electron chi connectivity index (χ0n) is 21.4. The van der Waals surface area contributed by atoms with Crippen molar-refractivity contribution < 1.29 is 4.79 Å². The van der Waals surface area contributed by atoms with Crippen molar-refractivity contribution in [2.75, 3.05) is 12.4 Å². The van der Waals surface area contributed by atoms with Crippen LogP contribution in [0.1, 0.15) is 36.1 Å². The van der Waals surface area contributed by atoms with E-state index in [0.29, 0.717) is 16.7 Å². The zero-order valence-corrected chi connectivity index (χ0v) is 21.4. The lowest BCUT2D eigenvalue weighted by molar-refractivity contribution is -0.112. The Morgan fingerprint density at radius 3 is 2.28 bits per heavy atom. The molecule has 1 aromatic heterocycles. The third-order valence-electron chi connectivity index (χ3n) is 6.47. The third-order valence-corrected chi connectivity index (χ3v) is 6.47. The molecule has 0 atom stereocenters. The van der Waals surface area contributed by atoms with Crippen LogP contribution in [0.2, 0.25) is 0 Å². The van der Waals surface area contributed by atoms with E-state index in [1.54, 1.807) is 19.2 Å². The molecule has 4 nitrogen and oxygen atoms in total. The minimum absolute atomic E-state index is 0.0547. The average molecular weight is 461 g/mol. The first-order valence-corrected chi connectivity index (χ1v) is 11.3. The Kier molecular flexibility index (Phi) is 8.13. The molecule has 3 aromatic rings. The van der Waals surface area contributed by atoms with Gasteiger partial charge in [0, 0.05) is 30.0 Å². The summed E-state index contributed by atoms with van der Waals surface area (Å²) in [5.41, 5.74) is 5.19. The Morgan fingerprint density at radius 1 is 1.03 bits per heavy atom. The first kappa shape index (κ1) is 27.3. The normalized spacial score (nSPS) is 12.3. The van der Waals surface area contributed by atoms with Crippen LogP contribution in [0.15, 0.2) is 54.3 Å². The second-order valence-corrected chi connectivity index (χ2v) is 8.75. The number of allylic oxidation sites excluding steroid dienone is 2. The summed E-state index contributed by atoms with van der Waals surface area (Å²) in [5, 5.41) is 4.51. The maximum atomic E-state index is 13.0. The van der Waals surface area contributed by atoms with Crippen LogP contribution in [0.5, 0.6) is 0 Å². The number of benzene rings is 2. The van der Waals surface area contributed by atoms with E-state index >= 15 is 0 Å². The zero-order chi connectivity index (χ0) is 26.9. The first-order chi connectivity index (χ1) is 16.9. The Labute approximate surface area is 220 Å². The molecule has 36 heavy (non-hydrogen) atoms. The maximum Gasteiger partial charge on any atom is 0.241 e. The molecular formula is C27H24B5N3O. The van der Waals surface area contributed by atoms with E-state index in [1.807, 2.05) is 57.0 Å². The minimum atomic E-state index is -0.637. The Morgan fingerprint density at radius 2 is 1.67 bits per heavy atom. The van der Waals surface area contributed by atoms with E-state index in [9.17, 15) is 4.79 Å². The topological polar surface area (TPSA) is 45.2 Å². The fraction of sp³-hybridized carbons (Fsp3) is 0.185. The van der Waals surface area contributed by atoms with E-state index in [2.05, 4.69) is 16.9 Å². The number of pyridine rings is 1. The Hall–Kier alpha value is -3.34. The number of carbonyl (C=O) groups is 1. The second-order valence-electron chi connectivity index (χ2n) is 8.75. The Bertz CT molecular complexity index is 1430. The highest BCUT2D eigenvalue weighted by molar-refractivity contribution is 6.61. The van der Waals surface area contributed by atoms with Crippen LogP contribution in [0.4, 0.5) is 5.82 Å². The van der Waals surface area contributed by atoms with E-state index in [0.717, 1.165) is 38.9 Å². The molecule has 0 fully saturated rings. The molecule has 0 aliphatic heterocycles. The minimum Gasteiger partial charge on any atom is -0.349 e. The SMILES string of the molecule is [B]/C(C(=O)Nc1cc2cc(/C(=C/C)N(C)C(=C)C)ccc2cn1)=C(/[B])c1c([B])c([B])c(C)c(C)c1[B]. The summed E-state index contributed by atoms with van der Waals surface area (Å²) in [4.78, 5) is 19.3. The third kappa shape index (κ3) is 5.11. The predicted molar refractivity (Wildman–Crippen MR) is 157 cm³/mol. The van der Waals surface area contributed by atoms with Gasteiger partial charge in [0.15, 0.2) is 0 Å². The molecule has 0 saturated heterocycles. The molecule has 168 valence electrons. The largest absolute Gasteiger partial charge is 0.349 e. The molecule has 0 unspecified atom stereocenters. The molecule has 9 heteroatoms. The predicted octanol–water partition coefficient (Wildman–Crippen LogP) is 1.70. The van der Waals surface area contributed by atoms with Gasteiger partial charge in [-0.1, -0.05) is 57.8 Å². The molecule has 1 amide bonds. The summed E-state index contributed by atoms with van der Waals surface area (Å²) in [6.07, 6.45) is 3.70. The van der Waals surface area contributed by atoms with Crippen molar-refractivity contribution in [3.05, 3.63) is 76.5 Å². The van der Waals surface area contributed by atoms with Crippen LogP contribution in [-0.2, 0) is 4.79 Å². The summed E-state index contributed by atoms with van der Waals surface area (Å²) in [6, 6.07) is 7.78. The summed E-state index contributed by atoms with van der Waals surface area (Å²) >= 11 is 0. The van der Waals surface area contributed by atoms with E-state index < -0.39 is 5.91 Å². The number of nitrogens with zero attached hydrogens (tertiary/aromatic N) is 2. The number of aromatic nitrogens is 1. The van der Waals surface area contributed by atoms with Gasteiger partial charge in [0.05, 0.1) is 0 Å². The van der Waals surface area contributed by atoms with Gasteiger partial charge < -0.3 is 10.2 Å². The molecule has 1 N–H and O–H groups in total. The molecular weight excluding hydrogens is 436 g/mol. The van der Waals surface area contributed by atoms with Crippen molar-refractivity contribution in [1.29, 1.82) is 0 Å². The number of anilines is 1. The highest BCUT2D eigenvalue weighted by Crippen LogP contribution is 2.26. The summed E-state index contributed by atoms with van der Waals surface area (Å²) < 4.78 is 0. The van der Waals surface area contributed by atoms with Crippen molar-refractivity contribution >= 4 is 89.3 Å². The van der Waals surface area contributed by atoms with Gasteiger partial charge in [-0.2, -0.15) is 0 Å². The van der Waals surface area contributed by atoms with Gasteiger partial charge in [-0.05, 0) is 61.8 Å². The maximum absolute atomic E-state index is 13.0. The number of carbonyl (C=O) groups excluding carboxylic acids is 1. The fourth-order valence-electron chi connectivity index (χ4n) is 3.93. The van der Waals surface area contributed by atoms with Gasteiger partial charge in [-0.15, -0.1) is 0 Å². The van der Waals surface area contributed by atoms with E-state index in [-0.39, 0.29) is 22.0 Å². The van der Waals surface area contributed by atoms with Crippen molar-refractivity contribution in [2.24, 2.45) is 0 Å². The number of nitrogens with one attached hydrogen (secondary N) is 1. The van der Waals surface area contributed by atoms with Crippen molar-refractivity contribution in [3.8, 4) is 0 Å². The summed E-state index contributed by atoms with van der Waals surface area (Å²) in [5.74, 6) is -0.321. The molecule has 0 aliphatic carbocycles. The highest BCUT2D eigenvalue weighted by Gasteiger charge is 2.16. The number of rotatable bonds is 6. The lowest BCUT2D eigenvalue weighted by atomic mass is 9.62. The van der Waals surface area contributed by atoms with E-state index in [4.69, 9.17) is 39.2 Å². The molecule has 0 bridgehead atoms. The number of hydrogen-bond acceptors (Lipinski definition) is 3. The molecule has 0 aliphatic rings. The van der Waals surface area contributed by atoms with E-state index in [1.165, 1.54) is 0 Å². The average Bonchev–Trinajstić information content (AvgIpc) is 2.85. The lowest BCUT2D eigenvalue weighted by Gasteiger charge is -2.23. The van der Waals surface area contributed by atoms with Crippen LogP contribution >= 0.6 is 0 Å². The van der Waals surface area contributed by atoms with Crippen LogP contribution in [0, 0.1) is 13.8 Å². The van der Waals surface area contributed by atoms with Gasteiger partial charge in [0.1, 0.15) is 45.0 Å². The molecule has 10 radical (unpaired) electrons. The first-order valence-electron chi connectivity index (χ1n) is 11.3. The monoisotopic (exact) mass is 461 g/mol. The van der Waals surface area contributed by atoms with Crippen LogP contribution < -0.4 is 21.7 Å². The number of fused-ring (bicyclic) bond motifs is 1. The molecule has 0 saturated carbocycles. The molecule has 3 rings (SSSR count). The second kappa shape index (κ2) is 10.7. The van der Waals surface area contributed by atoms with Crippen molar-refractivity contribution in [3.63, 3.8) is 0 Å². The fourth-order valence-corrected chi connectivity index (χ4v) is 3.93. The van der Waals surface area contributed by atoms with Gasteiger partial charge in [-0.3, -0.25) is 4.79 Å². The number of hydrogen-bond donors (Lipinski definition) is 1. The molecule has 0 spiro atoms. The summed E-state index contributed by atoms with van der Waals surface area (Å²) in [7, 11) is 32.8. The molecule has 1 heterocycles. The number of amides is 1. The van der Waals surface area contributed by atoms with Crippen molar-refractivity contribution in [2.45, 2.75) is 27.7 Å².